The quantitative estimate of drug-likeness (QED) is 0.561. The monoisotopic (exact) mass is 453 g/mol. The maximum absolute atomic E-state index is 8.49. The van der Waals surface area contributed by atoms with Crippen LogP contribution in [0.25, 0.3) is 0 Å². The molecule has 0 atom stereocenters. The molecule has 1 aliphatic carbocycles. The Kier molecular flexibility index (Phi) is 9.11. The van der Waals surface area contributed by atoms with Crippen LogP contribution in [0.1, 0.15) is 41.5 Å². The Balaban J connectivity index is 0.000000804. The maximum Gasteiger partial charge on any atom is 0.199 e. The third kappa shape index (κ3) is 10.1. The van der Waals surface area contributed by atoms with E-state index in [0.717, 1.165) is 0 Å². The zero-order valence-electron chi connectivity index (χ0n) is 19.0. The van der Waals surface area contributed by atoms with Gasteiger partial charge >= 0.3 is 0 Å². The molecule has 30 heavy (non-hydrogen) atoms. The zero-order chi connectivity index (χ0) is 23.3. The molecule has 0 saturated carbocycles. The van der Waals surface area contributed by atoms with Crippen LogP contribution in [0.2, 0.25) is 0 Å². The van der Waals surface area contributed by atoms with Crippen molar-refractivity contribution in [2.24, 2.45) is 10.8 Å². The highest BCUT2D eigenvalue weighted by Crippen LogP contribution is 2.48. The first kappa shape index (κ1) is 26.6. The van der Waals surface area contributed by atoms with Crippen LogP contribution in [0.5, 0.6) is 0 Å². The molecular formula is C23H32ClNO4S. The molecule has 2 rings (SSSR count). The predicted molar refractivity (Wildman–Crippen MR) is 114 cm³/mol. The summed E-state index contributed by atoms with van der Waals surface area (Å²) >= 11 is 1.94. The van der Waals surface area contributed by atoms with E-state index >= 15 is 0 Å². The fraction of sp³-hybridized carbons (Fsp3) is 0.435. The first-order chi connectivity index (χ1) is 13.5. The predicted octanol–water partition coefficient (Wildman–Crippen LogP) is 1.53. The van der Waals surface area contributed by atoms with Crippen LogP contribution in [0.4, 0.5) is 0 Å². The third-order valence-corrected chi connectivity index (χ3v) is 6.07. The number of allylic oxidation sites excluding steroid dienone is 12. The maximum atomic E-state index is 8.49. The van der Waals surface area contributed by atoms with Gasteiger partial charge in [-0.1, -0.05) is 65.5 Å². The van der Waals surface area contributed by atoms with Crippen LogP contribution < -0.4 is 18.6 Å². The van der Waals surface area contributed by atoms with Gasteiger partial charge in [-0.3, -0.25) is 0 Å². The number of hydrogen-bond acceptors (Lipinski definition) is 5. The number of thioether (sulfide) groups is 1. The van der Waals surface area contributed by atoms with Crippen LogP contribution in [0.15, 0.2) is 69.6 Å². The van der Waals surface area contributed by atoms with Crippen molar-refractivity contribution in [2.45, 2.75) is 41.5 Å². The third-order valence-electron chi connectivity index (χ3n) is 4.17. The lowest BCUT2D eigenvalue weighted by Gasteiger charge is -2.31. The Labute approximate surface area is 186 Å². The molecule has 1 heterocycles. The molecule has 0 spiro atoms. The Morgan fingerprint density at radius 3 is 1.43 bits per heavy atom. The smallest absolute Gasteiger partial charge is 0.199 e. The van der Waals surface area contributed by atoms with Gasteiger partial charge in [0.2, 0.25) is 0 Å². The van der Waals surface area contributed by atoms with Gasteiger partial charge in [-0.2, -0.15) is 0 Å². The van der Waals surface area contributed by atoms with Crippen molar-refractivity contribution in [3.63, 3.8) is 0 Å². The number of rotatable bonds is 1. The molecule has 0 aromatic carbocycles. The van der Waals surface area contributed by atoms with Crippen molar-refractivity contribution in [2.75, 3.05) is 14.1 Å². The lowest BCUT2D eigenvalue weighted by Crippen LogP contribution is -2.68. The molecule has 0 unspecified atom stereocenters. The Morgan fingerprint density at radius 2 is 1.10 bits per heavy atom. The number of hydrogen-bond donors (Lipinski definition) is 0. The van der Waals surface area contributed by atoms with Gasteiger partial charge in [-0.05, 0) is 56.1 Å². The molecule has 0 amide bonds. The molecule has 1 aliphatic heterocycles. The van der Waals surface area contributed by atoms with E-state index in [2.05, 4.69) is 109 Å². The minimum atomic E-state index is -4.94. The van der Waals surface area contributed by atoms with Crippen molar-refractivity contribution in [1.82, 2.24) is 0 Å². The topological polar surface area (TPSA) is 95.2 Å². The number of nitrogens with zero attached hydrogens (tertiary/aromatic N) is 1. The van der Waals surface area contributed by atoms with Gasteiger partial charge < -0.3 is 0 Å². The summed E-state index contributed by atoms with van der Waals surface area (Å²) in [5, 5.41) is 0. The summed E-state index contributed by atoms with van der Waals surface area (Å²) in [6, 6.07) is 0. The second-order valence-corrected chi connectivity index (χ2v) is 11.2. The van der Waals surface area contributed by atoms with Crippen LogP contribution in [0.3, 0.4) is 0 Å². The molecule has 5 nitrogen and oxygen atoms in total. The van der Waals surface area contributed by atoms with E-state index in [9.17, 15) is 0 Å². The van der Waals surface area contributed by atoms with Crippen LogP contribution >= 0.6 is 11.8 Å². The van der Waals surface area contributed by atoms with Crippen LogP contribution in [0, 0.1) is 21.1 Å². The molecular weight excluding hydrogens is 422 g/mol. The van der Waals surface area contributed by atoms with Crippen molar-refractivity contribution in [3.8, 4) is 0 Å². The van der Waals surface area contributed by atoms with E-state index in [4.69, 9.17) is 18.6 Å². The summed E-state index contributed by atoms with van der Waals surface area (Å²) in [5.41, 5.74) is 4.07. The minimum Gasteiger partial charge on any atom is -0.235 e. The normalized spacial score (nSPS) is 17.1. The highest BCUT2D eigenvalue weighted by atomic mass is 35.7. The van der Waals surface area contributed by atoms with Gasteiger partial charge in [0, 0.05) is 12.2 Å². The molecule has 7 heteroatoms. The van der Waals surface area contributed by atoms with Crippen LogP contribution in [-0.4, -0.2) is 24.4 Å². The Bertz CT molecular complexity index is 795. The van der Waals surface area contributed by atoms with Gasteiger partial charge in [0.05, 0.1) is 0 Å². The van der Waals surface area contributed by atoms with Gasteiger partial charge in [0.1, 0.15) is 14.1 Å². The van der Waals surface area contributed by atoms with Crippen LogP contribution in [-0.2, 0) is 0 Å². The standard InChI is InChI=1S/C23H32NS.ClHO4/c1-22(2,3)20-15-18(16-21(25-20)23(4,5)6)10-9-17-11-13-19(14-12-17)24(7)8;2-1(3,4)5/h9-16H,1-8H3;(H,2,3,4,5)/q+1;/p-1. The molecule has 0 bridgehead atoms. The van der Waals surface area contributed by atoms with E-state index in [0.29, 0.717) is 0 Å². The van der Waals surface area contributed by atoms with Crippen molar-refractivity contribution in [3.05, 3.63) is 69.6 Å². The summed E-state index contributed by atoms with van der Waals surface area (Å²) < 4.78 is 36.1. The van der Waals surface area contributed by atoms with E-state index in [1.807, 2.05) is 11.8 Å². The Hall–Kier alpha value is -1.41. The minimum absolute atomic E-state index is 0.169. The SMILES string of the molecule is C[N+](C)=C1C=CC(=CC=C2C=C(C(C)(C)C)SC(C(C)(C)C)=C2)C=C1.[O-][Cl+3]([O-])([O-])[O-]. The highest BCUT2D eigenvalue weighted by Gasteiger charge is 2.27. The van der Waals surface area contributed by atoms with Crippen molar-refractivity contribution in [1.29, 1.82) is 0 Å². The van der Waals surface area contributed by atoms with Gasteiger partial charge in [-0.25, -0.2) is 23.2 Å². The second-order valence-electron chi connectivity index (χ2n) is 9.32. The first-order valence-corrected chi connectivity index (χ1v) is 11.6. The second kappa shape index (κ2) is 10.3. The molecule has 2 aliphatic rings. The molecule has 166 valence electrons. The van der Waals surface area contributed by atoms with Gasteiger partial charge in [-0.15, -0.1) is 10.2 Å². The highest BCUT2D eigenvalue weighted by molar-refractivity contribution is 8.06. The summed E-state index contributed by atoms with van der Waals surface area (Å²) in [4.78, 5) is 2.87. The molecule has 0 aromatic heterocycles. The fourth-order valence-corrected chi connectivity index (χ4v) is 3.67. The van der Waals surface area contributed by atoms with Crippen molar-refractivity contribution < 1.29 is 33.5 Å². The lowest BCUT2D eigenvalue weighted by molar-refractivity contribution is -2.00. The van der Waals surface area contributed by atoms with E-state index in [1.165, 1.54) is 26.7 Å². The fourth-order valence-electron chi connectivity index (χ4n) is 2.43. The molecule has 0 aromatic rings. The number of halogens is 1. The Morgan fingerprint density at radius 1 is 0.733 bits per heavy atom. The molecule has 0 saturated heterocycles. The van der Waals surface area contributed by atoms with Crippen molar-refractivity contribution >= 4 is 17.5 Å². The van der Waals surface area contributed by atoms with Gasteiger partial charge in [0.15, 0.2) is 5.71 Å². The zero-order valence-corrected chi connectivity index (χ0v) is 20.6. The molecule has 0 N–H and O–H groups in total. The summed E-state index contributed by atoms with van der Waals surface area (Å²) in [6.07, 6.45) is 17.8. The molecule has 0 radical (unpaired) electrons. The first-order valence-electron chi connectivity index (χ1n) is 9.53. The van der Waals surface area contributed by atoms with E-state index in [-0.39, 0.29) is 10.8 Å². The molecule has 0 fully saturated rings. The largest absolute Gasteiger partial charge is 0.235 e. The summed E-state index contributed by atoms with van der Waals surface area (Å²) in [7, 11) is -0.809. The van der Waals surface area contributed by atoms with E-state index in [1.54, 1.807) is 0 Å². The van der Waals surface area contributed by atoms with Gasteiger partial charge in [0.25, 0.3) is 0 Å². The lowest BCUT2D eigenvalue weighted by atomic mass is 9.91. The average molecular weight is 454 g/mol. The average Bonchev–Trinajstić information content (AvgIpc) is 2.57. The summed E-state index contributed by atoms with van der Waals surface area (Å²) in [6.45, 7) is 13.7. The summed E-state index contributed by atoms with van der Waals surface area (Å²) in [5.74, 6) is 0. The van der Waals surface area contributed by atoms with E-state index < -0.39 is 10.2 Å².